The number of primary amides is 1. The molecular weight excluding hydrogens is 234 g/mol. The smallest absolute Gasteiger partial charge is 0.234 e. The third kappa shape index (κ3) is 3.92. The number of amides is 1. The van der Waals surface area contributed by atoms with Crippen LogP contribution in [0.2, 0.25) is 0 Å². The Kier molecular flexibility index (Phi) is 4.96. The fraction of sp³-hybridized carbons (Fsp3) is 0.636. The molecule has 0 aliphatic heterocycles. The van der Waals surface area contributed by atoms with Crippen molar-refractivity contribution in [1.82, 2.24) is 15.0 Å². The summed E-state index contributed by atoms with van der Waals surface area (Å²) in [4.78, 5) is 22.3. The van der Waals surface area contributed by atoms with E-state index < -0.39 is 11.9 Å². The summed E-state index contributed by atoms with van der Waals surface area (Å²) in [5.74, 6) is -0.491. The zero-order valence-electron chi connectivity index (χ0n) is 10.7. The Balaban J connectivity index is 2.58. The van der Waals surface area contributed by atoms with Crippen molar-refractivity contribution in [3.05, 3.63) is 11.9 Å². The van der Waals surface area contributed by atoms with E-state index >= 15 is 0 Å². The lowest BCUT2D eigenvalue weighted by Gasteiger charge is -2.07. The van der Waals surface area contributed by atoms with E-state index in [4.69, 9.17) is 11.5 Å². The number of nitrogens with zero attached hydrogens (tertiary/aromatic N) is 3. The lowest BCUT2D eigenvalue weighted by molar-refractivity contribution is -0.122. The summed E-state index contributed by atoms with van der Waals surface area (Å²) >= 11 is 0. The van der Waals surface area contributed by atoms with Gasteiger partial charge in [0.15, 0.2) is 0 Å². The summed E-state index contributed by atoms with van der Waals surface area (Å²) in [6, 6.07) is -0.759. The molecule has 1 heterocycles. The maximum atomic E-state index is 11.4. The van der Waals surface area contributed by atoms with Crippen molar-refractivity contribution >= 4 is 11.7 Å². The Morgan fingerprint density at radius 1 is 1.50 bits per heavy atom. The van der Waals surface area contributed by atoms with E-state index in [1.807, 2.05) is 13.8 Å². The minimum atomic E-state index is -0.759. The highest BCUT2D eigenvalue weighted by molar-refractivity contribution is 5.80. The van der Waals surface area contributed by atoms with Crippen LogP contribution in [0.15, 0.2) is 6.20 Å². The molecule has 1 rings (SSSR count). The molecule has 0 aliphatic rings. The first-order valence-electron chi connectivity index (χ1n) is 5.90. The molecule has 1 amide bonds. The van der Waals surface area contributed by atoms with E-state index in [1.54, 1.807) is 10.9 Å². The quantitative estimate of drug-likeness (QED) is 0.663. The van der Waals surface area contributed by atoms with Crippen molar-refractivity contribution < 1.29 is 9.59 Å². The minimum Gasteiger partial charge on any atom is -0.368 e. The first-order chi connectivity index (χ1) is 8.43. The molecule has 100 valence electrons. The van der Waals surface area contributed by atoms with E-state index in [0.29, 0.717) is 18.7 Å². The molecule has 2 atom stereocenters. The Hall–Kier alpha value is -1.76. The molecule has 0 spiro atoms. The van der Waals surface area contributed by atoms with Gasteiger partial charge in [-0.1, -0.05) is 19.1 Å². The van der Waals surface area contributed by atoms with Gasteiger partial charge in [-0.05, 0) is 0 Å². The highest BCUT2D eigenvalue weighted by Crippen LogP contribution is 2.05. The van der Waals surface area contributed by atoms with Gasteiger partial charge in [0, 0.05) is 25.0 Å². The Bertz CT molecular complexity index is 429. The molecule has 0 saturated heterocycles. The van der Waals surface area contributed by atoms with E-state index in [9.17, 15) is 9.59 Å². The van der Waals surface area contributed by atoms with Gasteiger partial charge in [0.1, 0.15) is 5.78 Å². The standard InChI is InChI=1S/C11H19N5O2/c1-3-10(17)7(2)5-16-6-8(14-15-16)4-9(12)11(13)18/h6-7,9H,3-5,12H2,1-2H3,(H2,13,18)/t7-,9-/m0/s1. The molecule has 4 N–H and O–H groups in total. The maximum absolute atomic E-state index is 11.4. The summed E-state index contributed by atoms with van der Waals surface area (Å²) < 4.78 is 1.58. The molecule has 1 aromatic heterocycles. The topological polar surface area (TPSA) is 117 Å². The average molecular weight is 253 g/mol. The summed E-state index contributed by atoms with van der Waals surface area (Å²) in [7, 11) is 0. The first kappa shape index (κ1) is 14.3. The molecule has 1 aromatic rings. The van der Waals surface area contributed by atoms with Crippen LogP contribution in [0.3, 0.4) is 0 Å². The lowest BCUT2D eigenvalue weighted by Crippen LogP contribution is -2.38. The molecule has 0 fully saturated rings. The predicted octanol–water partition coefficient (Wildman–Crippen LogP) is -0.752. The van der Waals surface area contributed by atoms with Gasteiger partial charge in [-0.2, -0.15) is 0 Å². The van der Waals surface area contributed by atoms with Crippen LogP contribution in [0.5, 0.6) is 0 Å². The second kappa shape index (κ2) is 6.25. The van der Waals surface area contributed by atoms with Crippen LogP contribution < -0.4 is 11.5 Å². The number of aromatic nitrogens is 3. The van der Waals surface area contributed by atoms with Crippen molar-refractivity contribution in [2.24, 2.45) is 17.4 Å². The molecule has 0 saturated carbocycles. The van der Waals surface area contributed by atoms with Gasteiger partial charge in [0.05, 0.1) is 18.3 Å². The van der Waals surface area contributed by atoms with Crippen molar-refractivity contribution in [3.8, 4) is 0 Å². The number of hydrogen-bond acceptors (Lipinski definition) is 5. The van der Waals surface area contributed by atoms with Gasteiger partial charge in [0.2, 0.25) is 5.91 Å². The number of nitrogens with two attached hydrogens (primary N) is 2. The van der Waals surface area contributed by atoms with E-state index in [-0.39, 0.29) is 18.1 Å². The first-order valence-corrected chi connectivity index (χ1v) is 5.90. The summed E-state index contributed by atoms with van der Waals surface area (Å²) in [6.45, 7) is 4.16. The Labute approximate surface area is 106 Å². The van der Waals surface area contributed by atoms with Gasteiger partial charge in [-0.15, -0.1) is 5.10 Å². The van der Waals surface area contributed by atoms with E-state index in [1.165, 1.54) is 0 Å². The van der Waals surface area contributed by atoms with E-state index in [2.05, 4.69) is 10.3 Å². The molecule has 0 aromatic carbocycles. The highest BCUT2D eigenvalue weighted by atomic mass is 16.1. The molecule has 0 unspecified atom stereocenters. The lowest BCUT2D eigenvalue weighted by atomic mass is 10.1. The zero-order valence-corrected chi connectivity index (χ0v) is 10.7. The molecular formula is C11H19N5O2. The number of ketones is 1. The van der Waals surface area contributed by atoms with Gasteiger partial charge in [0.25, 0.3) is 0 Å². The fourth-order valence-corrected chi connectivity index (χ4v) is 1.58. The minimum absolute atomic E-state index is 0.102. The Morgan fingerprint density at radius 3 is 2.72 bits per heavy atom. The molecule has 0 bridgehead atoms. The third-order valence-electron chi connectivity index (χ3n) is 2.74. The number of carbonyl (C=O) groups is 2. The number of Topliss-reactive ketones (excluding diaryl/α,β-unsaturated/α-hetero) is 1. The second-order valence-corrected chi connectivity index (χ2v) is 4.37. The highest BCUT2D eigenvalue weighted by Gasteiger charge is 2.15. The second-order valence-electron chi connectivity index (χ2n) is 4.37. The zero-order chi connectivity index (χ0) is 13.7. The van der Waals surface area contributed by atoms with Gasteiger partial charge in [-0.3, -0.25) is 14.3 Å². The molecule has 7 heteroatoms. The fourth-order valence-electron chi connectivity index (χ4n) is 1.58. The molecule has 18 heavy (non-hydrogen) atoms. The van der Waals surface area contributed by atoms with Crippen LogP contribution >= 0.6 is 0 Å². The van der Waals surface area contributed by atoms with Crippen molar-refractivity contribution in [2.45, 2.75) is 39.3 Å². The van der Waals surface area contributed by atoms with Crippen molar-refractivity contribution in [3.63, 3.8) is 0 Å². The monoisotopic (exact) mass is 253 g/mol. The van der Waals surface area contributed by atoms with Crippen LogP contribution in [0.25, 0.3) is 0 Å². The Morgan fingerprint density at radius 2 is 2.17 bits per heavy atom. The normalized spacial score (nSPS) is 14.2. The number of hydrogen-bond donors (Lipinski definition) is 2. The number of rotatable bonds is 7. The maximum Gasteiger partial charge on any atom is 0.234 e. The van der Waals surface area contributed by atoms with Crippen LogP contribution in [-0.2, 0) is 22.6 Å². The molecule has 0 radical (unpaired) electrons. The predicted molar refractivity (Wildman–Crippen MR) is 65.4 cm³/mol. The molecule has 7 nitrogen and oxygen atoms in total. The third-order valence-corrected chi connectivity index (χ3v) is 2.74. The van der Waals surface area contributed by atoms with Crippen molar-refractivity contribution in [1.29, 1.82) is 0 Å². The van der Waals surface area contributed by atoms with Crippen molar-refractivity contribution in [2.75, 3.05) is 0 Å². The largest absolute Gasteiger partial charge is 0.368 e. The summed E-state index contributed by atoms with van der Waals surface area (Å²) in [6.07, 6.45) is 2.45. The summed E-state index contributed by atoms with van der Waals surface area (Å²) in [5.41, 5.74) is 11.2. The van der Waals surface area contributed by atoms with Gasteiger partial charge < -0.3 is 11.5 Å². The summed E-state index contributed by atoms with van der Waals surface area (Å²) in [5, 5.41) is 7.78. The molecule has 0 aliphatic carbocycles. The van der Waals surface area contributed by atoms with Crippen LogP contribution in [0.4, 0.5) is 0 Å². The average Bonchev–Trinajstić information content (AvgIpc) is 2.75. The van der Waals surface area contributed by atoms with Gasteiger partial charge in [-0.25, -0.2) is 0 Å². The van der Waals surface area contributed by atoms with Crippen LogP contribution in [-0.4, -0.2) is 32.7 Å². The van der Waals surface area contributed by atoms with Gasteiger partial charge >= 0.3 is 0 Å². The number of carbonyl (C=O) groups excluding carboxylic acids is 2. The SMILES string of the molecule is CCC(=O)[C@@H](C)Cn1cc(C[C@H](N)C(N)=O)nn1. The van der Waals surface area contributed by atoms with Crippen LogP contribution in [0.1, 0.15) is 26.0 Å². The van der Waals surface area contributed by atoms with E-state index in [0.717, 1.165) is 0 Å². The van der Waals surface area contributed by atoms with Crippen LogP contribution in [0, 0.1) is 5.92 Å².